The normalized spacial score (nSPS) is 11.5. The Bertz CT molecular complexity index is 1160. The van der Waals surface area contributed by atoms with Gasteiger partial charge < -0.3 is 19.8 Å². The minimum Gasteiger partial charge on any atom is -0.495 e. The number of methoxy groups -OCH3 is 1. The number of urea groups is 1. The molecular weight excluding hydrogens is 392 g/mol. The molecule has 2 amide bonds. The number of aromatic nitrogens is 2. The van der Waals surface area contributed by atoms with Crippen LogP contribution in [0, 0.1) is 6.92 Å². The summed E-state index contributed by atoms with van der Waals surface area (Å²) < 4.78 is 11.3. The maximum Gasteiger partial charge on any atom is 0.320 e. The van der Waals surface area contributed by atoms with E-state index in [1.165, 1.54) is 0 Å². The smallest absolute Gasteiger partial charge is 0.320 e. The Morgan fingerprint density at radius 1 is 0.968 bits per heavy atom. The predicted octanol–water partition coefficient (Wildman–Crippen LogP) is 4.96. The number of amides is 2. The number of carbonyl (C=O) groups excluding carboxylic acids is 1. The van der Waals surface area contributed by atoms with Crippen molar-refractivity contribution in [2.75, 3.05) is 12.4 Å². The fourth-order valence-electron chi connectivity index (χ4n) is 3.19. The Hall–Kier alpha value is -4.13. The number of ether oxygens (including phenoxy) is 1. The topological polar surface area (TPSA) is 89.3 Å². The molecule has 0 saturated carbocycles. The lowest BCUT2D eigenvalue weighted by Gasteiger charge is -2.17. The van der Waals surface area contributed by atoms with Crippen LogP contribution in [0.1, 0.15) is 23.1 Å². The van der Waals surface area contributed by atoms with E-state index >= 15 is 0 Å². The van der Waals surface area contributed by atoms with Gasteiger partial charge in [-0.2, -0.15) is 0 Å². The van der Waals surface area contributed by atoms with Crippen molar-refractivity contribution in [1.29, 1.82) is 0 Å². The van der Waals surface area contributed by atoms with Gasteiger partial charge in [-0.1, -0.05) is 54.6 Å². The first kappa shape index (κ1) is 20.2. The number of hydrogen-bond acceptors (Lipinski definition) is 5. The molecule has 0 bridgehead atoms. The molecule has 2 N–H and O–H groups in total. The fraction of sp³-hybridized carbons (Fsp3) is 0.125. The zero-order valence-corrected chi connectivity index (χ0v) is 17.2. The lowest BCUT2D eigenvalue weighted by Crippen LogP contribution is -2.33. The maximum atomic E-state index is 12.9. The van der Waals surface area contributed by atoms with Crippen LogP contribution in [0.3, 0.4) is 0 Å². The molecule has 0 aliphatic rings. The van der Waals surface area contributed by atoms with Gasteiger partial charge in [0.2, 0.25) is 11.8 Å². The third-order valence-corrected chi connectivity index (χ3v) is 4.72. The summed E-state index contributed by atoms with van der Waals surface area (Å²) in [6, 6.07) is 23.5. The van der Waals surface area contributed by atoms with E-state index < -0.39 is 12.1 Å². The van der Waals surface area contributed by atoms with Crippen molar-refractivity contribution in [3.8, 4) is 17.2 Å². The molecule has 1 heterocycles. The summed E-state index contributed by atoms with van der Waals surface area (Å²) in [5.41, 5.74) is 3.20. The van der Waals surface area contributed by atoms with Gasteiger partial charge in [0, 0.05) is 5.56 Å². The van der Waals surface area contributed by atoms with E-state index in [2.05, 4.69) is 20.8 Å². The lowest BCUT2D eigenvalue weighted by molar-refractivity contribution is 0.248. The van der Waals surface area contributed by atoms with Crippen molar-refractivity contribution >= 4 is 11.7 Å². The van der Waals surface area contributed by atoms with Crippen LogP contribution in [-0.2, 0) is 0 Å². The van der Waals surface area contributed by atoms with E-state index in [1.807, 2.05) is 85.8 Å². The molecule has 4 rings (SSSR count). The van der Waals surface area contributed by atoms with Crippen LogP contribution in [0.5, 0.6) is 5.75 Å². The third-order valence-electron chi connectivity index (χ3n) is 4.72. The molecule has 0 saturated heterocycles. The van der Waals surface area contributed by atoms with E-state index in [0.717, 1.165) is 16.7 Å². The minimum absolute atomic E-state index is 0.288. The standard InChI is InChI=1S/C24H22N4O3/c1-16-13-14-20(30-2)19(15-16)25-24(29)26-21(17-9-5-3-6-10-17)23-28-27-22(31-23)18-11-7-4-8-12-18/h3-15,21H,1-2H3,(H2,25,26,29)/t21-/m1/s1. The molecular formula is C24H22N4O3. The lowest BCUT2D eigenvalue weighted by atomic mass is 10.1. The number of anilines is 1. The van der Waals surface area contributed by atoms with E-state index in [9.17, 15) is 4.79 Å². The second kappa shape index (κ2) is 9.13. The molecule has 0 radical (unpaired) electrons. The van der Waals surface area contributed by atoms with Gasteiger partial charge in [0.25, 0.3) is 0 Å². The number of benzene rings is 3. The Kier molecular flexibility index (Phi) is 5.93. The molecule has 156 valence electrons. The maximum absolute atomic E-state index is 12.9. The highest BCUT2D eigenvalue weighted by Gasteiger charge is 2.24. The highest BCUT2D eigenvalue weighted by molar-refractivity contribution is 5.91. The second-order valence-corrected chi connectivity index (χ2v) is 6.96. The van der Waals surface area contributed by atoms with E-state index in [0.29, 0.717) is 17.3 Å². The van der Waals surface area contributed by atoms with E-state index in [4.69, 9.17) is 9.15 Å². The van der Waals surface area contributed by atoms with Crippen LogP contribution in [0.15, 0.2) is 83.3 Å². The van der Waals surface area contributed by atoms with Crippen LogP contribution in [0.2, 0.25) is 0 Å². The van der Waals surface area contributed by atoms with Crippen molar-refractivity contribution in [3.05, 3.63) is 95.9 Å². The molecule has 3 aromatic carbocycles. The molecule has 0 aliphatic carbocycles. The van der Waals surface area contributed by atoms with Crippen molar-refractivity contribution in [2.24, 2.45) is 0 Å². The molecule has 1 atom stereocenters. The molecule has 1 aromatic heterocycles. The molecule has 0 unspecified atom stereocenters. The Morgan fingerprint density at radius 3 is 2.39 bits per heavy atom. The summed E-state index contributed by atoms with van der Waals surface area (Å²) >= 11 is 0. The van der Waals surface area contributed by atoms with E-state index in [1.54, 1.807) is 7.11 Å². The van der Waals surface area contributed by atoms with Gasteiger partial charge in [0.1, 0.15) is 11.8 Å². The Morgan fingerprint density at radius 2 is 1.68 bits per heavy atom. The average molecular weight is 414 g/mol. The summed E-state index contributed by atoms with van der Waals surface area (Å²) in [5.74, 6) is 1.25. The van der Waals surface area contributed by atoms with Gasteiger partial charge in [-0.25, -0.2) is 4.79 Å². The summed E-state index contributed by atoms with van der Waals surface area (Å²) in [6.07, 6.45) is 0. The summed E-state index contributed by atoms with van der Waals surface area (Å²) in [7, 11) is 1.56. The summed E-state index contributed by atoms with van der Waals surface area (Å²) in [4.78, 5) is 12.9. The first-order chi connectivity index (χ1) is 15.1. The SMILES string of the molecule is COc1ccc(C)cc1NC(=O)N[C@H](c1ccccc1)c1nnc(-c2ccccc2)o1. The molecule has 4 aromatic rings. The highest BCUT2D eigenvalue weighted by Crippen LogP contribution is 2.27. The zero-order valence-electron chi connectivity index (χ0n) is 17.2. The first-order valence-electron chi connectivity index (χ1n) is 9.80. The monoisotopic (exact) mass is 414 g/mol. The first-order valence-corrected chi connectivity index (χ1v) is 9.80. The largest absolute Gasteiger partial charge is 0.495 e. The van der Waals surface area contributed by atoms with Gasteiger partial charge >= 0.3 is 6.03 Å². The van der Waals surface area contributed by atoms with Gasteiger partial charge in [0.15, 0.2) is 0 Å². The predicted molar refractivity (Wildman–Crippen MR) is 118 cm³/mol. The van der Waals surface area contributed by atoms with Gasteiger partial charge in [-0.3, -0.25) is 0 Å². The molecule has 0 aliphatic heterocycles. The number of nitrogens with zero attached hydrogens (tertiary/aromatic N) is 2. The Balaban J connectivity index is 1.60. The van der Waals surface area contributed by atoms with Crippen molar-refractivity contribution in [2.45, 2.75) is 13.0 Å². The van der Waals surface area contributed by atoms with Crippen LogP contribution in [0.25, 0.3) is 11.5 Å². The Labute approximate surface area is 180 Å². The van der Waals surface area contributed by atoms with Crippen LogP contribution < -0.4 is 15.4 Å². The molecule has 7 heteroatoms. The van der Waals surface area contributed by atoms with Gasteiger partial charge in [-0.15, -0.1) is 10.2 Å². The minimum atomic E-state index is -0.623. The number of hydrogen-bond donors (Lipinski definition) is 2. The highest BCUT2D eigenvalue weighted by atomic mass is 16.5. The third kappa shape index (κ3) is 4.72. The summed E-state index contributed by atoms with van der Waals surface area (Å²) in [6.45, 7) is 1.94. The second-order valence-electron chi connectivity index (χ2n) is 6.96. The summed E-state index contributed by atoms with van der Waals surface area (Å²) in [5, 5.41) is 14.1. The fourth-order valence-corrected chi connectivity index (χ4v) is 3.19. The van der Waals surface area contributed by atoms with Crippen LogP contribution in [0.4, 0.5) is 10.5 Å². The van der Waals surface area contributed by atoms with Gasteiger partial charge in [-0.05, 0) is 42.3 Å². The average Bonchev–Trinajstić information content (AvgIpc) is 3.29. The van der Waals surface area contributed by atoms with Crippen LogP contribution >= 0.6 is 0 Å². The number of rotatable bonds is 6. The quantitative estimate of drug-likeness (QED) is 0.465. The molecule has 7 nitrogen and oxygen atoms in total. The number of aryl methyl sites for hydroxylation is 1. The number of carbonyl (C=O) groups is 1. The van der Waals surface area contributed by atoms with Crippen molar-refractivity contribution in [3.63, 3.8) is 0 Å². The van der Waals surface area contributed by atoms with Crippen LogP contribution in [-0.4, -0.2) is 23.3 Å². The number of nitrogens with one attached hydrogen (secondary N) is 2. The molecule has 0 fully saturated rings. The zero-order chi connectivity index (χ0) is 21.6. The van der Waals surface area contributed by atoms with Crippen molar-refractivity contribution in [1.82, 2.24) is 15.5 Å². The molecule has 31 heavy (non-hydrogen) atoms. The van der Waals surface area contributed by atoms with Crippen molar-refractivity contribution < 1.29 is 13.9 Å². The molecule has 0 spiro atoms. The van der Waals surface area contributed by atoms with Gasteiger partial charge in [0.05, 0.1) is 12.8 Å². The van der Waals surface area contributed by atoms with E-state index in [-0.39, 0.29) is 5.89 Å².